The molecule has 1 aromatic rings. The summed E-state index contributed by atoms with van der Waals surface area (Å²) in [6, 6.07) is 1.59. The Morgan fingerprint density at radius 3 is 2.50 bits per heavy atom. The van der Waals surface area contributed by atoms with Crippen LogP contribution in [0, 0.1) is 6.92 Å². The number of hydrogen-bond donors (Lipinski definition) is 0. The molecule has 8 heteroatoms. The molecule has 0 radical (unpaired) electrons. The zero-order valence-corrected chi connectivity index (χ0v) is 12.5. The number of aryl methyl sites for hydroxylation is 1. The molecule has 2 rings (SSSR count). The molecule has 112 valence electrons. The van der Waals surface area contributed by atoms with Gasteiger partial charge in [0.2, 0.25) is 10.0 Å². The van der Waals surface area contributed by atoms with Gasteiger partial charge in [-0.25, -0.2) is 8.42 Å². The van der Waals surface area contributed by atoms with E-state index >= 15 is 0 Å². The van der Waals surface area contributed by atoms with Gasteiger partial charge in [0.15, 0.2) is 5.69 Å². The Hall–Kier alpha value is -1.41. The van der Waals surface area contributed by atoms with E-state index in [1.165, 1.54) is 4.31 Å². The Labute approximate surface area is 118 Å². The van der Waals surface area contributed by atoms with Gasteiger partial charge >= 0.3 is 0 Å². The summed E-state index contributed by atoms with van der Waals surface area (Å²) in [7, 11) is -3.18. The number of hydrogen-bond acceptors (Lipinski definition) is 5. The lowest BCUT2D eigenvalue weighted by molar-refractivity contribution is 0.0687. The van der Waals surface area contributed by atoms with Crippen molar-refractivity contribution in [2.75, 3.05) is 31.9 Å². The molecule has 1 aromatic heterocycles. The number of rotatable bonds is 4. The third-order valence-electron chi connectivity index (χ3n) is 3.23. The minimum atomic E-state index is -3.18. The number of aromatic nitrogens is 1. The van der Waals surface area contributed by atoms with Crippen LogP contribution >= 0.6 is 0 Å². The van der Waals surface area contributed by atoms with Gasteiger partial charge in [-0.1, -0.05) is 12.1 Å². The summed E-state index contributed by atoms with van der Waals surface area (Å²) in [5, 5.41) is 3.69. The maximum atomic E-state index is 12.1. The smallest absolute Gasteiger partial charge is 0.276 e. The van der Waals surface area contributed by atoms with Crippen molar-refractivity contribution in [1.29, 1.82) is 0 Å². The number of piperazine rings is 1. The Bertz CT molecular complexity index is 573. The second-order valence-corrected chi connectivity index (χ2v) is 6.92. The summed E-state index contributed by atoms with van der Waals surface area (Å²) < 4.78 is 30.2. The molecule has 0 aromatic carbocycles. The SMILES string of the molecule is CCCS(=O)(=O)N1CCN(C(=O)c2cc(C)on2)CC1. The van der Waals surface area contributed by atoms with Crippen LogP contribution in [0.5, 0.6) is 0 Å². The van der Waals surface area contributed by atoms with E-state index in [1.807, 2.05) is 6.92 Å². The maximum absolute atomic E-state index is 12.1. The fraction of sp³-hybridized carbons (Fsp3) is 0.667. The summed E-state index contributed by atoms with van der Waals surface area (Å²) in [6.07, 6.45) is 0.597. The first-order chi connectivity index (χ1) is 9.44. The zero-order valence-electron chi connectivity index (χ0n) is 11.7. The highest BCUT2D eigenvalue weighted by atomic mass is 32.2. The van der Waals surface area contributed by atoms with Crippen LogP contribution in [0.1, 0.15) is 29.6 Å². The Balaban J connectivity index is 1.96. The maximum Gasteiger partial charge on any atom is 0.276 e. The fourth-order valence-corrected chi connectivity index (χ4v) is 3.68. The molecule has 2 heterocycles. The van der Waals surface area contributed by atoms with Crippen LogP contribution in [-0.2, 0) is 10.0 Å². The van der Waals surface area contributed by atoms with Crippen molar-refractivity contribution in [2.24, 2.45) is 0 Å². The third-order valence-corrected chi connectivity index (χ3v) is 5.30. The molecule has 1 fully saturated rings. The molecule has 0 atom stereocenters. The predicted octanol–water partition coefficient (Wildman–Crippen LogP) is 0.481. The van der Waals surface area contributed by atoms with Gasteiger partial charge < -0.3 is 9.42 Å². The normalized spacial score (nSPS) is 17.4. The monoisotopic (exact) mass is 301 g/mol. The quantitative estimate of drug-likeness (QED) is 0.807. The molecule has 1 aliphatic rings. The van der Waals surface area contributed by atoms with Crippen molar-refractivity contribution in [3.8, 4) is 0 Å². The largest absolute Gasteiger partial charge is 0.361 e. The predicted molar refractivity (Wildman–Crippen MR) is 72.8 cm³/mol. The Morgan fingerprint density at radius 1 is 1.35 bits per heavy atom. The van der Waals surface area contributed by atoms with Crippen LogP contribution in [0.25, 0.3) is 0 Å². The number of amides is 1. The van der Waals surface area contributed by atoms with Crippen molar-refractivity contribution in [3.63, 3.8) is 0 Å². The van der Waals surface area contributed by atoms with Crippen molar-refractivity contribution >= 4 is 15.9 Å². The van der Waals surface area contributed by atoms with Crippen molar-refractivity contribution in [2.45, 2.75) is 20.3 Å². The second-order valence-electron chi connectivity index (χ2n) is 4.83. The van der Waals surface area contributed by atoms with Gasteiger partial charge in [0, 0.05) is 32.2 Å². The van der Waals surface area contributed by atoms with Gasteiger partial charge in [-0.2, -0.15) is 4.31 Å². The van der Waals surface area contributed by atoms with Gasteiger partial charge in [0.05, 0.1) is 5.75 Å². The van der Waals surface area contributed by atoms with Crippen molar-refractivity contribution in [1.82, 2.24) is 14.4 Å². The molecule has 1 saturated heterocycles. The highest BCUT2D eigenvalue weighted by Crippen LogP contribution is 2.12. The summed E-state index contributed by atoms with van der Waals surface area (Å²) >= 11 is 0. The summed E-state index contributed by atoms with van der Waals surface area (Å²) in [6.45, 7) is 5.00. The number of carbonyl (C=O) groups excluding carboxylic acids is 1. The summed E-state index contributed by atoms with van der Waals surface area (Å²) in [4.78, 5) is 13.7. The standard InChI is InChI=1S/C12H19N3O4S/c1-3-8-20(17,18)15-6-4-14(5-7-15)12(16)11-9-10(2)19-13-11/h9H,3-8H2,1-2H3. The summed E-state index contributed by atoms with van der Waals surface area (Å²) in [5.74, 6) is 0.524. The fourth-order valence-electron chi connectivity index (χ4n) is 2.19. The highest BCUT2D eigenvalue weighted by molar-refractivity contribution is 7.89. The Morgan fingerprint density at radius 2 is 2.00 bits per heavy atom. The van der Waals surface area contributed by atoms with Gasteiger partial charge in [-0.05, 0) is 13.3 Å². The van der Waals surface area contributed by atoms with Crippen LogP contribution in [-0.4, -0.2) is 60.6 Å². The van der Waals surface area contributed by atoms with E-state index in [-0.39, 0.29) is 17.4 Å². The first kappa shape index (κ1) is 15.0. The van der Waals surface area contributed by atoms with Crippen LogP contribution in [0.3, 0.4) is 0 Å². The van der Waals surface area contributed by atoms with Crippen LogP contribution in [0.2, 0.25) is 0 Å². The third kappa shape index (κ3) is 3.18. The molecule has 20 heavy (non-hydrogen) atoms. The Kier molecular flexibility index (Phi) is 4.44. The number of carbonyl (C=O) groups is 1. The lowest BCUT2D eigenvalue weighted by atomic mass is 10.3. The lowest BCUT2D eigenvalue weighted by Crippen LogP contribution is -2.51. The van der Waals surface area contributed by atoms with Crippen LogP contribution in [0.4, 0.5) is 0 Å². The first-order valence-electron chi connectivity index (χ1n) is 6.64. The van der Waals surface area contributed by atoms with Gasteiger partial charge in [-0.15, -0.1) is 0 Å². The van der Waals surface area contributed by atoms with Crippen molar-refractivity contribution in [3.05, 3.63) is 17.5 Å². The van der Waals surface area contributed by atoms with Crippen LogP contribution < -0.4 is 0 Å². The molecular formula is C12H19N3O4S. The lowest BCUT2D eigenvalue weighted by Gasteiger charge is -2.33. The molecule has 0 bridgehead atoms. The molecule has 0 aliphatic carbocycles. The van der Waals surface area contributed by atoms with E-state index in [1.54, 1.807) is 17.9 Å². The van der Waals surface area contributed by atoms with Gasteiger partial charge in [-0.3, -0.25) is 4.79 Å². The van der Waals surface area contributed by atoms with Gasteiger partial charge in [0.25, 0.3) is 5.91 Å². The van der Waals surface area contributed by atoms with E-state index in [0.29, 0.717) is 38.4 Å². The second kappa shape index (κ2) is 5.92. The molecular weight excluding hydrogens is 282 g/mol. The molecule has 0 spiro atoms. The van der Waals surface area contributed by atoms with Crippen molar-refractivity contribution < 1.29 is 17.7 Å². The zero-order chi connectivity index (χ0) is 14.8. The first-order valence-corrected chi connectivity index (χ1v) is 8.25. The average molecular weight is 301 g/mol. The molecule has 7 nitrogen and oxygen atoms in total. The molecule has 1 aliphatic heterocycles. The van der Waals surface area contributed by atoms with Gasteiger partial charge in [0.1, 0.15) is 5.76 Å². The highest BCUT2D eigenvalue weighted by Gasteiger charge is 2.29. The van der Waals surface area contributed by atoms with Crippen LogP contribution in [0.15, 0.2) is 10.6 Å². The molecule has 0 saturated carbocycles. The minimum absolute atomic E-state index is 0.156. The molecule has 0 unspecified atom stereocenters. The van der Waals surface area contributed by atoms with E-state index in [4.69, 9.17) is 4.52 Å². The van der Waals surface area contributed by atoms with E-state index < -0.39 is 10.0 Å². The summed E-state index contributed by atoms with van der Waals surface area (Å²) in [5.41, 5.74) is 0.271. The number of sulfonamides is 1. The molecule has 1 amide bonds. The molecule has 0 N–H and O–H groups in total. The topological polar surface area (TPSA) is 83.7 Å². The number of nitrogens with zero attached hydrogens (tertiary/aromatic N) is 3. The van der Waals surface area contributed by atoms with E-state index in [2.05, 4.69) is 5.16 Å². The van der Waals surface area contributed by atoms with E-state index in [0.717, 1.165) is 0 Å². The average Bonchev–Trinajstić information content (AvgIpc) is 2.85. The minimum Gasteiger partial charge on any atom is -0.361 e. The van der Waals surface area contributed by atoms with E-state index in [9.17, 15) is 13.2 Å².